The van der Waals surface area contributed by atoms with E-state index in [0.29, 0.717) is 27.9 Å². The fourth-order valence-corrected chi connectivity index (χ4v) is 6.43. The van der Waals surface area contributed by atoms with Crippen molar-refractivity contribution in [1.29, 1.82) is 0 Å². The number of anilines is 1. The minimum Gasteiger partial charge on any atom is -0.497 e. The van der Waals surface area contributed by atoms with Crippen molar-refractivity contribution in [1.82, 2.24) is 10.2 Å². The summed E-state index contributed by atoms with van der Waals surface area (Å²) in [5.41, 5.74) is 1.71. The molecule has 0 aromatic heterocycles. The first-order valence-corrected chi connectivity index (χ1v) is 16.1. The highest BCUT2D eigenvalue weighted by Crippen LogP contribution is 2.28. The van der Waals surface area contributed by atoms with Crippen LogP contribution in [0.1, 0.15) is 18.1 Å². The fourth-order valence-electron chi connectivity index (χ4n) is 4.68. The van der Waals surface area contributed by atoms with E-state index in [4.69, 9.17) is 27.9 Å². The molecule has 0 aliphatic heterocycles. The quantitative estimate of drug-likeness (QED) is 0.192. The Morgan fingerprint density at radius 3 is 2.07 bits per heavy atom. The number of benzene rings is 4. The number of carbonyl (C=O) groups excluding carboxylic acids is 2. The largest absolute Gasteiger partial charge is 0.497 e. The van der Waals surface area contributed by atoms with E-state index >= 15 is 0 Å². The van der Waals surface area contributed by atoms with Gasteiger partial charge in [0.15, 0.2) is 0 Å². The average Bonchev–Trinajstić information content (AvgIpc) is 3.04. The minimum absolute atomic E-state index is 0.0178. The molecule has 4 aromatic carbocycles. The van der Waals surface area contributed by atoms with Crippen molar-refractivity contribution in [2.24, 2.45) is 0 Å². The van der Waals surface area contributed by atoms with Crippen LogP contribution in [-0.2, 0) is 32.6 Å². The number of halogens is 2. The van der Waals surface area contributed by atoms with Crippen LogP contribution in [0, 0.1) is 0 Å². The van der Waals surface area contributed by atoms with Crippen molar-refractivity contribution < 1.29 is 22.7 Å². The topological polar surface area (TPSA) is 96.0 Å². The molecule has 230 valence electrons. The molecule has 11 heteroatoms. The molecular formula is C33H33Cl2N3O5S. The minimum atomic E-state index is -4.20. The molecule has 0 unspecified atom stereocenters. The Bertz CT molecular complexity index is 1670. The predicted molar refractivity (Wildman–Crippen MR) is 174 cm³/mol. The van der Waals surface area contributed by atoms with Gasteiger partial charge in [-0.3, -0.25) is 13.9 Å². The molecule has 0 spiro atoms. The van der Waals surface area contributed by atoms with E-state index in [1.807, 2.05) is 30.3 Å². The van der Waals surface area contributed by atoms with Crippen LogP contribution in [0.25, 0.3) is 0 Å². The van der Waals surface area contributed by atoms with Crippen LogP contribution in [0.5, 0.6) is 5.75 Å². The average molecular weight is 655 g/mol. The van der Waals surface area contributed by atoms with Gasteiger partial charge in [0, 0.05) is 19.5 Å². The van der Waals surface area contributed by atoms with E-state index in [1.54, 1.807) is 67.6 Å². The van der Waals surface area contributed by atoms with Crippen LogP contribution in [0.2, 0.25) is 10.0 Å². The third kappa shape index (κ3) is 8.11. The van der Waals surface area contributed by atoms with Gasteiger partial charge in [-0.25, -0.2) is 8.42 Å². The molecule has 4 aromatic rings. The monoisotopic (exact) mass is 653 g/mol. The predicted octanol–water partition coefficient (Wildman–Crippen LogP) is 5.97. The molecule has 0 aliphatic carbocycles. The van der Waals surface area contributed by atoms with E-state index in [9.17, 15) is 18.0 Å². The Labute approximate surface area is 268 Å². The van der Waals surface area contributed by atoms with Gasteiger partial charge in [0.2, 0.25) is 11.8 Å². The van der Waals surface area contributed by atoms with Crippen LogP contribution < -0.4 is 14.4 Å². The van der Waals surface area contributed by atoms with Crippen LogP contribution in [0.3, 0.4) is 0 Å². The highest BCUT2D eigenvalue weighted by Gasteiger charge is 2.34. The number of carbonyl (C=O) groups is 2. The van der Waals surface area contributed by atoms with Crippen molar-refractivity contribution in [2.45, 2.75) is 30.8 Å². The van der Waals surface area contributed by atoms with Gasteiger partial charge in [-0.05, 0) is 66.6 Å². The van der Waals surface area contributed by atoms with Crippen LogP contribution in [-0.4, -0.2) is 51.4 Å². The Hall–Kier alpha value is -4.05. The molecule has 4 rings (SSSR count). The first-order chi connectivity index (χ1) is 21.1. The van der Waals surface area contributed by atoms with Gasteiger partial charge >= 0.3 is 0 Å². The normalized spacial score (nSPS) is 11.8. The summed E-state index contributed by atoms with van der Waals surface area (Å²) in [6.45, 7) is 1.54. The standard InChI is InChI=1S/C33H33Cl2N3O5S/c1-3-36-33(40)31(21-24-10-6-4-7-11-24)37(22-25-14-19-29(34)30(35)20-25)32(39)23-38(26-15-17-27(43-2)18-16-26)44(41,42)28-12-8-5-9-13-28/h4-20,31H,3,21-23H2,1-2H3,(H,36,40)/t31-/m1/s1. The number of amides is 2. The third-order valence-electron chi connectivity index (χ3n) is 6.93. The lowest BCUT2D eigenvalue weighted by molar-refractivity contribution is -0.140. The number of ether oxygens (including phenoxy) is 1. The zero-order valence-electron chi connectivity index (χ0n) is 24.3. The first kappa shape index (κ1) is 32.9. The number of hydrogen-bond donors (Lipinski definition) is 1. The summed E-state index contributed by atoms with van der Waals surface area (Å²) in [6.07, 6.45) is 0.202. The lowest BCUT2D eigenvalue weighted by atomic mass is 10.0. The zero-order valence-corrected chi connectivity index (χ0v) is 26.6. The highest BCUT2D eigenvalue weighted by atomic mass is 35.5. The third-order valence-corrected chi connectivity index (χ3v) is 9.46. The summed E-state index contributed by atoms with van der Waals surface area (Å²) in [5, 5.41) is 3.47. The van der Waals surface area contributed by atoms with Crippen LogP contribution >= 0.6 is 23.2 Å². The Balaban J connectivity index is 1.80. The number of rotatable bonds is 13. The second-order valence-corrected chi connectivity index (χ2v) is 12.6. The Morgan fingerprint density at radius 1 is 0.841 bits per heavy atom. The van der Waals surface area contributed by atoms with E-state index in [1.165, 1.54) is 24.1 Å². The van der Waals surface area contributed by atoms with Crippen molar-refractivity contribution in [2.75, 3.05) is 24.5 Å². The number of nitrogens with one attached hydrogen (secondary N) is 1. The SMILES string of the molecule is CCNC(=O)[C@@H](Cc1ccccc1)N(Cc1ccc(Cl)c(Cl)c1)C(=O)CN(c1ccc(OC)cc1)S(=O)(=O)c1ccccc1. The smallest absolute Gasteiger partial charge is 0.264 e. The molecule has 1 atom stereocenters. The molecule has 0 radical (unpaired) electrons. The summed E-state index contributed by atoms with van der Waals surface area (Å²) in [6, 6.07) is 27.6. The lowest BCUT2D eigenvalue weighted by Crippen LogP contribution is -2.53. The van der Waals surface area contributed by atoms with Gasteiger partial charge < -0.3 is 15.0 Å². The number of methoxy groups -OCH3 is 1. The van der Waals surface area contributed by atoms with Crippen molar-refractivity contribution in [3.63, 3.8) is 0 Å². The fraction of sp³-hybridized carbons (Fsp3) is 0.212. The van der Waals surface area contributed by atoms with Gasteiger partial charge in [-0.1, -0.05) is 77.8 Å². The van der Waals surface area contributed by atoms with Crippen molar-refractivity contribution in [3.8, 4) is 5.75 Å². The van der Waals surface area contributed by atoms with Crippen LogP contribution in [0.15, 0.2) is 108 Å². The number of hydrogen-bond acceptors (Lipinski definition) is 5. The molecule has 0 saturated heterocycles. The van der Waals surface area contributed by atoms with Crippen molar-refractivity contribution in [3.05, 3.63) is 124 Å². The second-order valence-electron chi connectivity index (χ2n) is 9.89. The second kappa shape index (κ2) is 15.1. The molecule has 0 heterocycles. The highest BCUT2D eigenvalue weighted by molar-refractivity contribution is 7.92. The summed E-state index contributed by atoms with van der Waals surface area (Å²) >= 11 is 12.5. The summed E-state index contributed by atoms with van der Waals surface area (Å²) in [5.74, 6) is -0.428. The molecule has 0 bridgehead atoms. The molecule has 8 nitrogen and oxygen atoms in total. The molecule has 44 heavy (non-hydrogen) atoms. The van der Waals surface area contributed by atoms with Gasteiger partial charge in [0.25, 0.3) is 10.0 Å². The van der Waals surface area contributed by atoms with Gasteiger partial charge in [-0.2, -0.15) is 0 Å². The van der Waals surface area contributed by atoms with Gasteiger partial charge in [0.05, 0.1) is 27.7 Å². The summed E-state index contributed by atoms with van der Waals surface area (Å²) < 4.78 is 34.3. The first-order valence-electron chi connectivity index (χ1n) is 13.9. The van der Waals surface area contributed by atoms with E-state index in [0.717, 1.165) is 9.87 Å². The number of nitrogens with zero attached hydrogens (tertiary/aromatic N) is 2. The molecule has 0 aliphatic rings. The Morgan fingerprint density at radius 2 is 1.48 bits per heavy atom. The lowest BCUT2D eigenvalue weighted by Gasteiger charge is -2.34. The van der Waals surface area contributed by atoms with E-state index < -0.39 is 28.5 Å². The summed E-state index contributed by atoms with van der Waals surface area (Å²) in [4.78, 5) is 29.3. The maximum absolute atomic E-state index is 14.4. The number of sulfonamides is 1. The van der Waals surface area contributed by atoms with Crippen LogP contribution in [0.4, 0.5) is 5.69 Å². The maximum atomic E-state index is 14.4. The maximum Gasteiger partial charge on any atom is 0.264 e. The summed E-state index contributed by atoms with van der Waals surface area (Å²) in [7, 11) is -2.69. The van der Waals surface area contributed by atoms with Crippen molar-refractivity contribution >= 4 is 50.7 Å². The number of likely N-dealkylation sites (N-methyl/N-ethyl adjacent to an activating group) is 1. The molecular weight excluding hydrogens is 621 g/mol. The molecule has 0 saturated carbocycles. The zero-order chi connectivity index (χ0) is 31.7. The van der Waals surface area contributed by atoms with E-state index in [2.05, 4.69) is 5.32 Å². The van der Waals surface area contributed by atoms with Gasteiger partial charge in [-0.15, -0.1) is 0 Å². The molecule has 1 N–H and O–H groups in total. The molecule has 0 fully saturated rings. The van der Waals surface area contributed by atoms with E-state index in [-0.39, 0.29) is 29.5 Å². The molecule has 2 amide bonds. The Kier molecular flexibility index (Phi) is 11.3. The van der Waals surface area contributed by atoms with Gasteiger partial charge in [0.1, 0.15) is 18.3 Å².